The number of imidazole rings is 1. The highest BCUT2D eigenvalue weighted by Gasteiger charge is 2.12. The summed E-state index contributed by atoms with van der Waals surface area (Å²) in [7, 11) is 0. The van der Waals surface area contributed by atoms with Gasteiger partial charge in [-0.25, -0.2) is 4.98 Å². The van der Waals surface area contributed by atoms with Gasteiger partial charge in [0, 0.05) is 138 Å². The first-order valence-electron chi connectivity index (χ1n) is 48.9. The van der Waals surface area contributed by atoms with E-state index in [1.165, 1.54) is 17.8 Å². The third-order valence-electron chi connectivity index (χ3n) is 15.3. The minimum atomic E-state index is -0.356. The van der Waals surface area contributed by atoms with Crippen LogP contribution >= 0.6 is 0 Å². The Morgan fingerprint density at radius 2 is 0.734 bits per heavy atom. The fraction of sp³-hybridized carbons (Fsp3) is 0.730. The number of pyridine rings is 2. The quantitative estimate of drug-likeness (QED) is 0.0122. The first-order valence-corrected chi connectivity index (χ1v) is 48.9. The number of primary amides is 2. The number of aromatic amines is 8. The van der Waals surface area contributed by atoms with Crippen LogP contribution in [0.1, 0.15) is 421 Å². The van der Waals surface area contributed by atoms with E-state index in [4.69, 9.17) is 28.0 Å². The number of aliphatic hydroxyl groups is 2. The molecular formula is C100H201N31O8. The topological polar surface area (TPSA) is 615 Å². The van der Waals surface area contributed by atoms with Crippen LogP contribution in [0.2, 0.25) is 0 Å². The van der Waals surface area contributed by atoms with Crippen LogP contribution in [0.5, 0.6) is 0 Å². The summed E-state index contributed by atoms with van der Waals surface area (Å²) in [5, 5.41) is 87.5. The standard InChI is InChI=1S/C9H16N2.2C8H16O.2C7H16N2.C7H17NO.C7H15NO.C5H9N3.2C5H5NO.4C4H8N4.2C4H9NO.2C4H10/c1-6(2)8-5-10-9(11-8)7(3)4;2*1-6(2)5-8(9)7(3)4;2*1-5(2)7(8)9-6(3)4;2*1-5(2)7(9)8-6(3)4;1-4(2)5-3-6-8-7-5;2*7-5-3-1-2-4-6-5;4*1-3(2)4-5-7-8-6-4;2*1-3(2)4(5)6;2*1-4(2)3/h5-7H,1-4H3,(H,10,11);6-7H,5H2,1-4H3;5-7,9H,1-4H3;2*5-6H,1-4H3,(H2,8,9);5-9H,1-4H3;5-6H,1-4H3,(H,8,9);3-4H,1-2H3,(H,6,7,8);2*1-4H,(H,6,7);4*3H,1-2H3,(H,5,6,7,8);2*3H,1-2H3,(H2,5,6);2*4H,1-3H3/b;;8-5-;;;;;;;;;;;;;;;. The van der Waals surface area contributed by atoms with Gasteiger partial charge in [0.25, 0.3) is 0 Å². The predicted octanol–water partition coefficient (Wildman–Crippen LogP) is 19.1. The zero-order chi connectivity index (χ0) is 111. The van der Waals surface area contributed by atoms with E-state index in [2.05, 4.69) is 249 Å². The van der Waals surface area contributed by atoms with Crippen LogP contribution in [0, 0.1) is 71.0 Å². The molecule has 0 fully saturated rings. The van der Waals surface area contributed by atoms with E-state index in [1.807, 2.05) is 206 Å². The molecule has 20 N–H and O–H groups in total. The van der Waals surface area contributed by atoms with Crippen LogP contribution in [0.4, 0.5) is 0 Å². The van der Waals surface area contributed by atoms with Gasteiger partial charge in [-0.3, -0.25) is 44.1 Å². The summed E-state index contributed by atoms with van der Waals surface area (Å²) in [6, 6.07) is 11.1. The van der Waals surface area contributed by atoms with Gasteiger partial charge in [0.2, 0.25) is 28.8 Å². The van der Waals surface area contributed by atoms with E-state index in [0.717, 1.165) is 64.7 Å². The lowest BCUT2D eigenvalue weighted by Crippen LogP contribution is -2.38. The molecule has 0 spiro atoms. The molecule has 39 heteroatoms. The molecule has 0 bridgehead atoms. The van der Waals surface area contributed by atoms with E-state index in [9.17, 15) is 33.9 Å². The number of carbonyl (C=O) groups is 4. The molecule has 0 aliphatic heterocycles. The number of hydrogen-bond donors (Lipinski definition) is 16. The molecule has 804 valence electrons. The number of H-pyrrole nitrogens is 8. The number of aliphatic hydroxyl groups excluding tert-OH is 2. The van der Waals surface area contributed by atoms with E-state index in [1.54, 1.807) is 70.6 Å². The largest absolute Gasteiger partial charge is 0.512 e. The Bertz CT molecular complexity index is 3760. The summed E-state index contributed by atoms with van der Waals surface area (Å²) in [4.78, 5) is 82.9. The Balaban J connectivity index is -0.000000159. The number of Topliss-reactive ketones (excluding diaryl/α,β-unsaturated/α-hetero) is 1. The second-order valence-corrected chi connectivity index (χ2v) is 40.0. The molecule has 0 aliphatic carbocycles. The molecule has 39 nitrogen and oxygen atoms in total. The third kappa shape index (κ3) is 112. The summed E-state index contributed by atoms with van der Waals surface area (Å²) in [6.45, 7) is 97.1. The highest BCUT2D eigenvalue weighted by Crippen LogP contribution is 2.16. The minimum Gasteiger partial charge on any atom is -0.512 e. The van der Waals surface area contributed by atoms with Crippen molar-refractivity contribution in [2.24, 2.45) is 104 Å². The van der Waals surface area contributed by atoms with Gasteiger partial charge in [0.15, 0.2) is 23.3 Å². The number of allylic oxidation sites excluding steroid dienone is 2. The number of aliphatic imine (C=N–C) groups is 2. The number of carbonyl (C=O) groups excluding carboxylic acids is 4. The van der Waals surface area contributed by atoms with E-state index >= 15 is 0 Å². The zero-order valence-corrected chi connectivity index (χ0v) is 95.2. The normalized spacial score (nSPS) is 11.0. The summed E-state index contributed by atoms with van der Waals surface area (Å²) < 4.78 is 0. The van der Waals surface area contributed by atoms with Gasteiger partial charge in [-0.1, -0.05) is 310 Å². The average Bonchev–Trinajstić information content (AvgIpc) is 1.75. The van der Waals surface area contributed by atoms with E-state index < -0.39 is 0 Å². The molecule has 1 atom stereocenters. The maximum Gasteiger partial charge on any atom is 0.247 e. The Morgan fingerprint density at radius 3 is 0.835 bits per heavy atom. The van der Waals surface area contributed by atoms with Crippen LogP contribution in [0.25, 0.3) is 0 Å². The number of nitrogens with two attached hydrogens (primary N) is 4. The van der Waals surface area contributed by atoms with Gasteiger partial charge in [-0.05, 0) is 115 Å². The molecule has 0 saturated heterocycles. The number of amidine groups is 2. The van der Waals surface area contributed by atoms with Crippen molar-refractivity contribution in [2.45, 2.75) is 411 Å². The van der Waals surface area contributed by atoms with Crippen molar-refractivity contribution in [3.63, 3.8) is 0 Å². The summed E-state index contributed by atoms with van der Waals surface area (Å²) in [5.74, 6) is 13.5. The molecule has 8 aromatic rings. The molecule has 3 amide bonds. The lowest BCUT2D eigenvalue weighted by atomic mass is 9.99. The number of amides is 3. The molecule has 1 unspecified atom stereocenters. The van der Waals surface area contributed by atoms with Crippen molar-refractivity contribution in [1.29, 1.82) is 0 Å². The summed E-state index contributed by atoms with van der Waals surface area (Å²) >= 11 is 0. The van der Waals surface area contributed by atoms with Gasteiger partial charge >= 0.3 is 0 Å². The van der Waals surface area contributed by atoms with Gasteiger partial charge in [0.1, 0.15) is 17.8 Å². The number of aromatic nitrogens is 23. The first kappa shape index (κ1) is 148. The molecular weight excluding hydrogens is 1760 g/mol. The monoisotopic (exact) mass is 1960 g/mol. The fourth-order valence-electron chi connectivity index (χ4n) is 6.89. The van der Waals surface area contributed by atoms with E-state index in [-0.39, 0.29) is 70.7 Å². The van der Waals surface area contributed by atoms with Crippen molar-refractivity contribution >= 4 is 35.2 Å². The molecule has 0 aliphatic rings. The number of nitrogens with one attached hydrogen (secondary N) is 10. The van der Waals surface area contributed by atoms with Crippen LogP contribution in [0.3, 0.4) is 0 Å². The molecule has 8 rings (SSSR count). The fourth-order valence-corrected chi connectivity index (χ4v) is 6.89. The van der Waals surface area contributed by atoms with Crippen LogP contribution in [-0.4, -0.2) is 194 Å². The number of hydrogen-bond acceptors (Lipinski definition) is 26. The van der Waals surface area contributed by atoms with Gasteiger partial charge in [-0.2, -0.15) is 36.3 Å². The highest BCUT2D eigenvalue weighted by atomic mass is 16.3. The maximum atomic E-state index is 11.0. The van der Waals surface area contributed by atoms with Crippen molar-refractivity contribution < 1.29 is 29.4 Å². The highest BCUT2D eigenvalue weighted by molar-refractivity contribution is 5.83. The Kier molecular flexibility index (Phi) is 98.2. The zero-order valence-electron chi connectivity index (χ0n) is 95.2. The lowest BCUT2D eigenvalue weighted by molar-refractivity contribution is -0.124. The molecule has 0 radical (unpaired) electrons. The second-order valence-electron chi connectivity index (χ2n) is 40.0. The van der Waals surface area contributed by atoms with Crippen molar-refractivity contribution in [3.8, 4) is 0 Å². The van der Waals surface area contributed by atoms with Crippen LogP contribution in [-0.2, 0) is 19.2 Å². The molecule has 8 aromatic heterocycles. The van der Waals surface area contributed by atoms with Gasteiger partial charge in [0.05, 0.1) is 29.3 Å². The van der Waals surface area contributed by atoms with Crippen LogP contribution < -0.4 is 44.7 Å². The van der Waals surface area contributed by atoms with Crippen molar-refractivity contribution in [1.82, 2.24) is 128 Å². The van der Waals surface area contributed by atoms with Crippen molar-refractivity contribution in [3.05, 3.63) is 134 Å². The predicted molar refractivity (Wildman–Crippen MR) is 574 cm³/mol. The molecule has 0 saturated carbocycles. The van der Waals surface area contributed by atoms with E-state index in [0.29, 0.717) is 101 Å². The van der Waals surface area contributed by atoms with Gasteiger partial charge in [-0.15, -0.1) is 40.8 Å². The maximum absolute atomic E-state index is 11.0. The summed E-state index contributed by atoms with van der Waals surface area (Å²) in [6.07, 6.45) is 9.13. The second kappa shape index (κ2) is 92.1. The van der Waals surface area contributed by atoms with Crippen LogP contribution in [0.15, 0.2) is 92.6 Å². The Labute approximate surface area is 837 Å². The molecule has 139 heavy (non-hydrogen) atoms. The Hall–Kier alpha value is -11.0. The lowest BCUT2D eigenvalue weighted by Gasteiger charge is -2.18. The molecule has 0 aromatic carbocycles. The number of ketones is 1. The number of rotatable bonds is 23. The van der Waals surface area contributed by atoms with Crippen molar-refractivity contribution in [2.75, 3.05) is 0 Å². The summed E-state index contributed by atoms with van der Waals surface area (Å²) in [5.41, 5.74) is 22.9. The number of nitrogens with zero attached hydrogens (tertiary/aromatic N) is 17. The third-order valence-corrected chi connectivity index (χ3v) is 15.3. The average molecular weight is 1970 g/mol. The molecule has 8 heterocycles. The minimum absolute atomic E-state index is 0.00926. The Morgan fingerprint density at radius 1 is 0.403 bits per heavy atom. The number of tetrazole rings is 4. The SMILES string of the molecule is CC(C)/C=C(\O)C(C)C.CC(C)C.CC(C)C.CC(C)C(N)=O.CC(C)C(N)=O.CC(C)CC(=O)C(C)C.CC(C)N=C(N)C(C)C.CC(C)N=C(N)C(C)C.CC(C)NC(=O)C(C)C.CC(C)NC(O)C(C)C.CC(C)c1cn[nH]n1.CC(C)c1cnc(C(C)C)[nH]1.CC(C)c1nn[nH]n1.CC(C)c1nn[nH]n1.CC(C)c1nn[nH]n1.CC(C)c1nn[nH]n1.O=c1cccc[nH]1.O=c1cccc[nH]1. The van der Waals surface area contributed by atoms with Gasteiger partial charge < -0.3 is 53.4 Å². The smallest absolute Gasteiger partial charge is 0.247 e. The first-order chi connectivity index (χ1) is 63.9.